The standard InChI is InChI=1S/C11H9N5O2S/c1-7-2-3-8(5-12)4-9(7)16-11(13-14-15-16)19-6-10(17)18/h2-4H,6H2,1H3,(H,17,18). The number of aryl methyl sites for hydroxylation is 1. The van der Waals surface area contributed by atoms with Crippen molar-refractivity contribution in [3.63, 3.8) is 0 Å². The van der Waals surface area contributed by atoms with E-state index < -0.39 is 5.97 Å². The fourth-order valence-electron chi connectivity index (χ4n) is 1.45. The lowest BCUT2D eigenvalue weighted by atomic mass is 10.1. The molecule has 0 spiro atoms. The van der Waals surface area contributed by atoms with Gasteiger partial charge < -0.3 is 5.11 Å². The zero-order valence-electron chi connectivity index (χ0n) is 9.94. The average molecular weight is 275 g/mol. The number of benzene rings is 1. The Kier molecular flexibility index (Phi) is 3.77. The number of carboxylic acid groups (broad SMARTS) is 1. The van der Waals surface area contributed by atoms with Crippen molar-refractivity contribution in [2.75, 3.05) is 5.75 Å². The Morgan fingerprint density at radius 1 is 1.58 bits per heavy atom. The molecule has 0 bridgehead atoms. The van der Waals surface area contributed by atoms with Crippen molar-refractivity contribution in [3.8, 4) is 11.8 Å². The van der Waals surface area contributed by atoms with E-state index in [4.69, 9.17) is 10.4 Å². The molecule has 1 heterocycles. The van der Waals surface area contributed by atoms with Crippen LogP contribution in [0.25, 0.3) is 5.69 Å². The number of hydrogen-bond acceptors (Lipinski definition) is 6. The summed E-state index contributed by atoms with van der Waals surface area (Å²) in [6, 6.07) is 7.20. The second-order valence-corrected chi connectivity index (χ2v) is 4.61. The molecule has 0 aliphatic heterocycles. The van der Waals surface area contributed by atoms with Gasteiger partial charge in [0.1, 0.15) is 0 Å². The van der Waals surface area contributed by atoms with Gasteiger partial charge >= 0.3 is 5.97 Å². The molecule has 2 rings (SSSR count). The summed E-state index contributed by atoms with van der Waals surface area (Å²) in [4.78, 5) is 10.6. The minimum absolute atomic E-state index is 0.128. The quantitative estimate of drug-likeness (QED) is 0.830. The molecule has 0 atom stereocenters. The smallest absolute Gasteiger partial charge is 0.313 e. The number of nitriles is 1. The van der Waals surface area contributed by atoms with Gasteiger partial charge in [0.05, 0.1) is 23.1 Å². The summed E-state index contributed by atoms with van der Waals surface area (Å²) in [6.45, 7) is 1.86. The van der Waals surface area contributed by atoms with Crippen LogP contribution in [0.1, 0.15) is 11.1 Å². The van der Waals surface area contributed by atoms with E-state index in [2.05, 4.69) is 15.5 Å². The summed E-state index contributed by atoms with van der Waals surface area (Å²) in [5, 5.41) is 29.1. The van der Waals surface area contributed by atoms with Gasteiger partial charge in [0.25, 0.3) is 0 Å². The SMILES string of the molecule is Cc1ccc(C#N)cc1-n1nnnc1SCC(=O)O. The van der Waals surface area contributed by atoms with Crippen molar-refractivity contribution >= 4 is 17.7 Å². The number of carboxylic acids is 1. The monoisotopic (exact) mass is 275 g/mol. The van der Waals surface area contributed by atoms with Gasteiger partial charge in [0, 0.05) is 0 Å². The van der Waals surface area contributed by atoms with Gasteiger partial charge in [-0.25, -0.2) is 0 Å². The van der Waals surface area contributed by atoms with Crippen LogP contribution < -0.4 is 0 Å². The maximum atomic E-state index is 10.6. The molecule has 8 heteroatoms. The maximum absolute atomic E-state index is 10.6. The number of thioether (sulfide) groups is 1. The average Bonchev–Trinajstić information content (AvgIpc) is 2.85. The molecule has 1 aromatic carbocycles. The Balaban J connectivity index is 2.40. The Hall–Kier alpha value is -2.40. The third kappa shape index (κ3) is 2.89. The van der Waals surface area contributed by atoms with E-state index in [1.165, 1.54) is 4.68 Å². The van der Waals surface area contributed by atoms with E-state index in [9.17, 15) is 4.79 Å². The number of tetrazole rings is 1. The fourth-order valence-corrected chi connectivity index (χ4v) is 2.06. The fraction of sp³-hybridized carbons (Fsp3) is 0.182. The molecule has 0 saturated heterocycles. The molecule has 0 saturated carbocycles. The number of aromatic nitrogens is 4. The first kappa shape index (κ1) is 13.0. The highest BCUT2D eigenvalue weighted by molar-refractivity contribution is 7.99. The van der Waals surface area contributed by atoms with E-state index >= 15 is 0 Å². The van der Waals surface area contributed by atoms with Crippen molar-refractivity contribution < 1.29 is 9.90 Å². The van der Waals surface area contributed by atoms with Crippen LogP contribution in [-0.2, 0) is 4.79 Å². The molecule has 19 heavy (non-hydrogen) atoms. The molecule has 0 fully saturated rings. The van der Waals surface area contributed by atoms with E-state index in [0.717, 1.165) is 17.3 Å². The molecular formula is C11H9N5O2S. The van der Waals surface area contributed by atoms with Crippen LogP contribution in [0, 0.1) is 18.3 Å². The molecule has 0 amide bonds. The highest BCUT2D eigenvalue weighted by atomic mass is 32.2. The summed E-state index contributed by atoms with van der Waals surface area (Å²) in [5.74, 6) is -1.07. The Morgan fingerprint density at radius 3 is 3.05 bits per heavy atom. The molecule has 0 radical (unpaired) electrons. The Morgan fingerprint density at radius 2 is 2.37 bits per heavy atom. The molecule has 0 aliphatic rings. The molecule has 1 N–H and O–H groups in total. The van der Waals surface area contributed by atoms with Gasteiger partial charge in [-0.2, -0.15) is 9.94 Å². The largest absolute Gasteiger partial charge is 0.481 e. The van der Waals surface area contributed by atoms with Crippen molar-refractivity contribution in [1.82, 2.24) is 20.2 Å². The predicted octanol–water partition coefficient (Wildman–Crippen LogP) is 1.02. The number of aliphatic carboxylic acids is 1. The minimum atomic E-state index is -0.943. The van der Waals surface area contributed by atoms with Gasteiger partial charge in [0.15, 0.2) is 0 Å². The molecule has 1 aromatic heterocycles. The Labute approximate surface area is 112 Å². The summed E-state index contributed by atoms with van der Waals surface area (Å²) in [6.07, 6.45) is 0. The number of hydrogen-bond donors (Lipinski definition) is 1. The maximum Gasteiger partial charge on any atom is 0.313 e. The van der Waals surface area contributed by atoms with Crippen LogP contribution in [0.2, 0.25) is 0 Å². The van der Waals surface area contributed by atoms with Crippen molar-refractivity contribution in [2.45, 2.75) is 12.1 Å². The number of nitrogens with zero attached hydrogens (tertiary/aromatic N) is 5. The van der Waals surface area contributed by atoms with Gasteiger partial charge in [-0.15, -0.1) is 5.10 Å². The van der Waals surface area contributed by atoms with Gasteiger partial charge in [0.2, 0.25) is 5.16 Å². The second-order valence-electron chi connectivity index (χ2n) is 3.67. The predicted molar refractivity (Wildman–Crippen MR) is 67.0 cm³/mol. The molecule has 7 nitrogen and oxygen atoms in total. The lowest BCUT2D eigenvalue weighted by Gasteiger charge is -2.07. The molecule has 0 aliphatic carbocycles. The summed E-state index contributed by atoms with van der Waals surface area (Å²) < 4.78 is 1.43. The number of rotatable bonds is 4. The topological polar surface area (TPSA) is 105 Å². The van der Waals surface area contributed by atoms with Crippen LogP contribution in [0.15, 0.2) is 23.4 Å². The van der Waals surface area contributed by atoms with Gasteiger partial charge in [-0.3, -0.25) is 4.79 Å². The van der Waals surface area contributed by atoms with E-state index in [1.807, 2.05) is 13.0 Å². The third-order valence-corrected chi connectivity index (χ3v) is 3.24. The zero-order valence-corrected chi connectivity index (χ0v) is 10.8. The normalized spacial score (nSPS) is 10.1. The van der Waals surface area contributed by atoms with Crippen LogP contribution in [0.4, 0.5) is 0 Å². The van der Waals surface area contributed by atoms with Crippen LogP contribution in [0.3, 0.4) is 0 Å². The molecule has 0 unspecified atom stereocenters. The highest BCUT2D eigenvalue weighted by Gasteiger charge is 2.13. The second kappa shape index (κ2) is 5.49. The summed E-state index contributed by atoms with van der Waals surface area (Å²) >= 11 is 1.02. The first-order valence-corrected chi connectivity index (χ1v) is 6.24. The van der Waals surface area contributed by atoms with Crippen molar-refractivity contribution in [1.29, 1.82) is 5.26 Å². The first-order chi connectivity index (χ1) is 9.11. The first-order valence-electron chi connectivity index (χ1n) is 5.26. The van der Waals surface area contributed by atoms with E-state index in [0.29, 0.717) is 16.4 Å². The van der Waals surface area contributed by atoms with Gasteiger partial charge in [-0.05, 0) is 35.0 Å². The zero-order chi connectivity index (χ0) is 13.8. The van der Waals surface area contributed by atoms with Gasteiger partial charge in [-0.1, -0.05) is 17.8 Å². The number of carbonyl (C=O) groups is 1. The molecule has 96 valence electrons. The lowest BCUT2D eigenvalue weighted by Crippen LogP contribution is -2.04. The lowest BCUT2D eigenvalue weighted by molar-refractivity contribution is -0.133. The van der Waals surface area contributed by atoms with Crippen molar-refractivity contribution in [2.24, 2.45) is 0 Å². The summed E-state index contributed by atoms with van der Waals surface area (Å²) in [7, 11) is 0. The van der Waals surface area contributed by atoms with Crippen LogP contribution >= 0.6 is 11.8 Å². The van der Waals surface area contributed by atoms with Crippen LogP contribution in [-0.4, -0.2) is 37.0 Å². The van der Waals surface area contributed by atoms with Crippen molar-refractivity contribution in [3.05, 3.63) is 29.3 Å². The minimum Gasteiger partial charge on any atom is -0.481 e. The molecular weight excluding hydrogens is 266 g/mol. The van der Waals surface area contributed by atoms with E-state index in [1.54, 1.807) is 18.2 Å². The van der Waals surface area contributed by atoms with E-state index in [-0.39, 0.29) is 5.75 Å². The Bertz CT molecular complexity index is 661. The summed E-state index contributed by atoms with van der Waals surface area (Å²) in [5.41, 5.74) is 2.05. The van der Waals surface area contributed by atoms with Crippen LogP contribution in [0.5, 0.6) is 0 Å². The molecule has 2 aromatic rings. The third-order valence-electron chi connectivity index (χ3n) is 2.33. The highest BCUT2D eigenvalue weighted by Crippen LogP contribution is 2.21.